The standard InChI is InChI=1S/C14H19N3O3/c1-10(2)12(13-17-15-9-20-13)16-14(18)19-8-11-6-4-3-5-7-11/h3-7,9-10,12-13,17H,8H2,1-2H3,(H,16,18). The van der Waals surface area contributed by atoms with E-state index in [0.717, 1.165) is 5.56 Å². The van der Waals surface area contributed by atoms with E-state index in [1.807, 2.05) is 44.2 Å². The van der Waals surface area contributed by atoms with Crippen LogP contribution in [0.2, 0.25) is 0 Å². The van der Waals surface area contributed by atoms with Crippen LogP contribution < -0.4 is 10.7 Å². The molecular formula is C14H19N3O3. The van der Waals surface area contributed by atoms with Crippen LogP contribution in [0.4, 0.5) is 4.79 Å². The van der Waals surface area contributed by atoms with E-state index in [0.29, 0.717) is 0 Å². The molecule has 0 aliphatic carbocycles. The molecule has 0 fully saturated rings. The zero-order chi connectivity index (χ0) is 14.4. The average Bonchev–Trinajstić information content (AvgIpc) is 2.97. The predicted molar refractivity (Wildman–Crippen MR) is 74.9 cm³/mol. The summed E-state index contributed by atoms with van der Waals surface area (Å²) >= 11 is 0. The van der Waals surface area contributed by atoms with Gasteiger partial charge in [-0.2, -0.15) is 0 Å². The number of alkyl carbamates (subject to hydrolysis) is 1. The molecule has 0 bridgehead atoms. The van der Waals surface area contributed by atoms with Crippen molar-refractivity contribution < 1.29 is 14.3 Å². The fourth-order valence-electron chi connectivity index (χ4n) is 1.89. The second-order valence-corrected chi connectivity index (χ2v) is 4.90. The lowest BCUT2D eigenvalue weighted by Gasteiger charge is -2.26. The molecule has 0 saturated heterocycles. The number of hydrogen-bond acceptors (Lipinski definition) is 5. The summed E-state index contributed by atoms with van der Waals surface area (Å²) in [5.74, 6) is 0.179. The fourth-order valence-corrected chi connectivity index (χ4v) is 1.89. The Morgan fingerprint density at radius 1 is 1.45 bits per heavy atom. The third-order valence-electron chi connectivity index (χ3n) is 3.00. The van der Waals surface area contributed by atoms with E-state index in [4.69, 9.17) is 9.47 Å². The molecule has 1 aromatic rings. The first-order valence-electron chi connectivity index (χ1n) is 6.56. The summed E-state index contributed by atoms with van der Waals surface area (Å²) < 4.78 is 10.5. The topological polar surface area (TPSA) is 72.0 Å². The van der Waals surface area contributed by atoms with Crippen LogP contribution in [0.15, 0.2) is 35.4 Å². The smallest absolute Gasteiger partial charge is 0.407 e. The molecule has 6 heteroatoms. The molecule has 2 rings (SSSR count). The number of carbonyl (C=O) groups excluding carboxylic acids is 1. The highest BCUT2D eigenvalue weighted by molar-refractivity contribution is 5.67. The number of nitrogens with one attached hydrogen (secondary N) is 2. The zero-order valence-corrected chi connectivity index (χ0v) is 11.6. The highest BCUT2D eigenvalue weighted by atomic mass is 16.6. The van der Waals surface area contributed by atoms with Crippen molar-refractivity contribution in [3.8, 4) is 0 Å². The van der Waals surface area contributed by atoms with Crippen LogP contribution in [-0.4, -0.2) is 24.8 Å². The van der Waals surface area contributed by atoms with E-state index < -0.39 is 6.09 Å². The molecule has 1 amide bonds. The van der Waals surface area contributed by atoms with Crippen LogP contribution in [-0.2, 0) is 16.1 Å². The minimum absolute atomic E-state index is 0.179. The van der Waals surface area contributed by atoms with Crippen LogP contribution in [0, 0.1) is 5.92 Å². The zero-order valence-electron chi connectivity index (χ0n) is 11.6. The monoisotopic (exact) mass is 277 g/mol. The Morgan fingerprint density at radius 2 is 2.20 bits per heavy atom. The van der Waals surface area contributed by atoms with Crippen molar-refractivity contribution >= 4 is 12.5 Å². The minimum atomic E-state index is -0.468. The van der Waals surface area contributed by atoms with Gasteiger partial charge in [0.05, 0.1) is 6.04 Å². The van der Waals surface area contributed by atoms with Crippen molar-refractivity contribution in [1.29, 1.82) is 0 Å². The molecule has 0 saturated carbocycles. The van der Waals surface area contributed by atoms with Gasteiger partial charge in [-0.05, 0) is 11.5 Å². The number of benzene rings is 1. The molecule has 108 valence electrons. The highest BCUT2D eigenvalue weighted by Crippen LogP contribution is 2.10. The van der Waals surface area contributed by atoms with E-state index in [1.54, 1.807) is 0 Å². The number of hydrazone groups is 1. The summed E-state index contributed by atoms with van der Waals surface area (Å²) in [5.41, 5.74) is 3.74. The van der Waals surface area contributed by atoms with Crippen LogP contribution in [0.5, 0.6) is 0 Å². The van der Waals surface area contributed by atoms with Crippen molar-refractivity contribution in [3.63, 3.8) is 0 Å². The van der Waals surface area contributed by atoms with Gasteiger partial charge in [-0.1, -0.05) is 44.2 Å². The summed E-state index contributed by atoms with van der Waals surface area (Å²) in [7, 11) is 0. The van der Waals surface area contributed by atoms with Crippen molar-refractivity contribution in [2.45, 2.75) is 32.7 Å². The number of hydrogen-bond donors (Lipinski definition) is 2. The van der Waals surface area contributed by atoms with Crippen LogP contribution in [0.1, 0.15) is 19.4 Å². The second kappa shape index (κ2) is 6.79. The molecule has 1 heterocycles. The Kier molecular flexibility index (Phi) is 4.81. The quantitative estimate of drug-likeness (QED) is 0.861. The molecule has 0 spiro atoms. The maximum absolute atomic E-state index is 11.8. The van der Waals surface area contributed by atoms with Gasteiger partial charge in [0.15, 0.2) is 6.40 Å². The maximum Gasteiger partial charge on any atom is 0.407 e. The van der Waals surface area contributed by atoms with Crippen LogP contribution in [0.3, 0.4) is 0 Å². The first-order chi connectivity index (χ1) is 9.66. The Morgan fingerprint density at radius 3 is 2.80 bits per heavy atom. The van der Waals surface area contributed by atoms with Gasteiger partial charge in [0, 0.05) is 0 Å². The van der Waals surface area contributed by atoms with Crippen molar-refractivity contribution in [3.05, 3.63) is 35.9 Å². The van der Waals surface area contributed by atoms with Crippen LogP contribution in [0.25, 0.3) is 0 Å². The van der Waals surface area contributed by atoms with E-state index in [2.05, 4.69) is 15.8 Å². The van der Waals surface area contributed by atoms with Gasteiger partial charge < -0.3 is 14.8 Å². The van der Waals surface area contributed by atoms with E-state index in [1.165, 1.54) is 6.40 Å². The molecule has 6 nitrogen and oxygen atoms in total. The Labute approximate surface area is 118 Å². The Balaban J connectivity index is 1.82. The largest absolute Gasteiger partial charge is 0.455 e. The molecular weight excluding hydrogens is 258 g/mol. The molecule has 1 aliphatic rings. The maximum atomic E-state index is 11.8. The van der Waals surface area contributed by atoms with E-state index in [-0.39, 0.29) is 24.8 Å². The van der Waals surface area contributed by atoms with Crippen molar-refractivity contribution in [1.82, 2.24) is 10.7 Å². The predicted octanol–water partition coefficient (Wildman–Crippen LogP) is 1.83. The fraction of sp³-hybridized carbons (Fsp3) is 0.429. The summed E-state index contributed by atoms with van der Waals surface area (Å²) in [5, 5.41) is 6.58. The summed E-state index contributed by atoms with van der Waals surface area (Å²) in [6.45, 7) is 4.23. The summed E-state index contributed by atoms with van der Waals surface area (Å²) in [4.78, 5) is 11.8. The lowest BCUT2D eigenvalue weighted by molar-refractivity contribution is 0.0938. The second-order valence-electron chi connectivity index (χ2n) is 4.90. The average molecular weight is 277 g/mol. The molecule has 2 unspecified atom stereocenters. The lowest BCUT2D eigenvalue weighted by Crippen LogP contribution is -2.51. The highest BCUT2D eigenvalue weighted by Gasteiger charge is 2.29. The van der Waals surface area contributed by atoms with Gasteiger partial charge in [0.2, 0.25) is 6.23 Å². The molecule has 2 N–H and O–H groups in total. The lowest BCUT2D eigenvalue weighted by atomic mass is 10.0. The normalized spacial score (nSPS) is 18.2. The molecule has 0 radical (unpaired) electrons. The molecule has 0 aromatic heterocycles. The van der Waals surface area contributed by atoms with Gasteiger partial charge in [0.25, 0.3) is 0 Å². The first kappa shape index (κ1) is 14.2. The van der Waals surface area contributed by atoms with Gasteiger partial charge in [-0.25, -0.2) is 4.79 Å². The van der Waals surface area contributed by atoms with Gasteiger partial charge in [-0.15, -0.1) is 5.10 Å². The van der Waals surface area contributed by atoms with Crippen molar-refractivity contribution in [2.75, 3.05) is 0 Å². The first-order valence-corrected chi connectivity index (χ1v) is 6.56. The Bertz CT molecular complexity index is 454. The van der Waals surface area contributed by atoms with E-state index >= 15 is 0 Å². The van der Waals surface area contributed by atoms with Crippen molar-refractivity contribution in [2.24, 2.45) is 11.0 Å². The molecule has 1 aromatic carbocycles. The van der Waals surface area contributed by atoms with Gasteiger partial charge in [0.1, 0.15) is 6.61 Å². The number of amides is 1. The van der Waals surface area contributed by atoms with Crippen LogP contribution >= 0.6 is 0 Å². The SMILES string of the molecule is CC(C)C(NC(=O)OCc1ccccc1)C1NN=CO1. The molecule has 1 aliphatic heterocycles. The third-order valence-corrected chi connectivity index (χ3v) is 3.00. The summed E-state index contributed by atoms with van der Waals surface area (Å²) in [6.07, 6.45) is 0.501. The third kappa shape index (κ3) is 3.88. The van der Waals surface area contributed by atoms with Gasteiger partial charge >= 0.3 is 6.09 Å². The number of carbonyl (C=O) groups is 1. The Hall–Kier alpha value is -2.24. The molecule has 20 heavy (non-hydrogen) atoms. The summed E-state index contributed by atoms with van der Waals surface area (Å²) in [6, 6.07) is 9.32. The van der Waals surface area contributed by atoms with Gasteiger partial charge in [-0.3, -0.25) is 5.43 Å². The number of nitrogens with zero attached hydrogens (tertiary/aromatic N) is 1. The minimum Gasteiger partial charge on any atom is -0.455 e. The van der Waals surface area contributed by atoms with E-state index in [9.17, 15) is 4.79 Å². The molecule has 2 atom stereocenters. The number of ether oxygens (including phenoxy) is 2. The number of rotatable bonds is 5.